The molecule has 1 amide bonds. The fourth-order valence-electron chi connectivity index (χ4n) is 2.69. The number of hydrogen-bond donors (Lipinski definition) is 1. The van der Waals surface area contributed by atoms with Gasteiger partial charge in [0.2, 0.25) is 5.88 Å². The molecule has 1 N–H and O–H groups in total. The van der Waals surface area contributed by atoms with Crippen molar-refractivity contribution in [3.8, 4) is 23.4 Å². The number of fused-ring (bicyclic) bond motifs is 1. The zero-order chi connectivity index (χ0) is 22.2. The summed E-state index contributed by atoms with van der Waals surface area (Å²) in [5.74, 6) is 0.385. The second-order valence-corrected chi connectivity index (χ2v) is 6.26. The van der Waals surface area contributed by atoms with Crippen LogP contribution >= 0.6 is 0 Å². The normalized spacial score (nSPS) is 11.1. The van der Waals surface area contributed by atoms with Gasteiger partial charge in [-0.25, -0.2) is 0 Å². The molecular weight excluding hydrogens is 400 g/mol. The Morgan fingerprint density at radius 3 is 2.61 bits per heavy atom. The molecule has 0 aliphatic heterocycles. The summed E-state index contributed by atoms with van der Waals surface area (Å²) in [6, 6.07) is 13.6. The third kappa shape index (κ3) is 5.07. The highest BCUT2D eigenvalue weighted by atomic mass is 16.5. The van der Waals surface area contributed by atoms with E-state index in [9.17, 15) is 14.9 Å². The molecule has 158 valence electrons. The molecule has 0 aliphatic rings. The van der Waals surface area contributed by atoms with Crippen LogP contribution in [0.2, 0.25) is 0 Å². The van der Waals surface area contributed by atoms with Gasteiger partial charge in [-0.15, -0.1) is 0 Å². The number of benzene rings is 1. The molecule has 0 saturated carbocycles. The smallest absolute Gasteiger partial charge is 0.269 e. The van der Waals surface area contributed by atoms with E-state index in [-0.39, 0.29) is 30.2 Å². The number of nitriles is 1. The van der Waals surface area contributed by atoms with Gasteiger partial charge in [0.25, 0.3) is 11.5 Å². The largest absolute Gasteiger partial charge is 0.497 e. The summed E-state index contributed by atoms with van der Waals surface area (Å²) in [6.45, 7) is 0.509. The molecule has 2 heterocycles. The maximum absolute atomic E-state index is 13.1. The lowest BCUT2D eigenvalue weighted by Crippen LogP contribution is -2.28. The van der Waals surface area contributed by atoms with Crippen LogP contribution in [0.4, 0.5) is 0 Å². The Bertz CT molecular complexity index is 1210. The number of ether oxygens (including phenoxy) is 3. The number of nitrogens with zero attached hydrogens (tertiary/aromatic N) is 3. The SMILES string of the molecule is COCCNC(=O)C(C#N)=Cc1c(Oc2ccc(OC)cc2)nc2ccccn2c1=O. The van der Waals surface area contributed by atoms with Gasteiger partial charge in [-0.05, 0) is 42.5 Å². The highest BCUT2D eigenvalue weighted by Crippen LogP contribution is 2.25. The van der Waals surface area contributed by atoms with Crippen LogP contribution in [-0.4, -0.2) is 42.7 Å². The van der Waals surface area contributed by atoms with E-state index in [1.165, 1.54) is 17.6 Å². The molecule has 0 radical (unpaired) electrons. The molecule has 3 aromatic rings. The molecule has 0 saturated heterocycles. The molecule has 0 unspecified atom stereocenters. The van der Waals surface area contributed by atoms with Crippen LogP contribution in [0.25, 0.3) is 11.7 Å². The number of nitrogens with one attached hydrogen (secondary N) is 1. The first-order valence-corrected chi connectivity index (χ1v) is 9.29. The van der Waals surface area contributed by atoms with Gasteiger partial charge in [0.15, 0.2) is 0 Å². The lowest BCUT2D eigenvalue weighted by atomic mass is 10.1. The van der Waals surface area contributed by atoms with E-state index in [0.717, 1.165) is 0 Å². The van der Waals surface area contributed by atoms with Crippen molar-refractivity contribution >= 4 is 17.6 Å². The number of aromatic nitrogens is 2. The molecule has 0 atom stereocenters. The van der Waals surface area contributed by atoms with E-state index in [0.29, 0.717) is 17.1 Å². The molecule has 0 spiro atoms. The zero-order valence-corrected chi connectivity index (χ0v) is 17.0. The predicted molar refractivity (Wildman–Crippen MR) is 113 cm³/mol. The Labute approximate surface area is 178 Å². The quantitative estimate of drug-likeness (QED) is 0.337. The molecule has 9 heteroatoms. The molecular formula is C22H20N4O5. The first-order chi connectivity index (χ1) is 15.1. The Morgan fingerprint density at radius 1 is 1.19 bits per heavy atom. The molecule has 0 aliphatic carbocycles. The van der Waals surface area contributed by atoms with Gasteiger partial charge in [-0.1, -0.05) is 6.07 Å². The number of carbonyl (C=O) groups excluding carboxylic acids is 1. The van der Waals surface area contributed by atoms with Crippen molar-refractivity contribution in [1.82, 2.24) is 14.7 Å². The summed E-state index contributed by atoms with van der Waals surface area (Å²) in [6.07, 6.45) is 2.72. The minimum atomic E-state index is -0.632. The highest BCUT2D eigenvalue weighted by Gasteiger charge is 2.17. The van der Waals surface area contributed by atoms with Gasteiger partial charge in [-0.3, -0.25) is 14.0 Å². The average molecular weight is 420 g/mol. The van der Waals surface area contributed by atoms with Gasteiger partial charge < -0.3 is 19.5 Å². The minimum Gasteiger partial charge on any atom is -0.497 e. The van der Waals surface area contributed by atoms with Crippen molar-refractivity contribution in [2.75, 3.05) is 27.4 Å². The average Bonchev–Trinajstić information content (AvgIpc) is 2.79. The second-order valence-electron chi connectivity index (χ2n) is 6.26. The van der Waals surface area contributed by atoms with E-state index >= 15 is 0 Å². The first-order valence-electron chi connectivity index (χ1n) is 9.29. The van der Waals surface area contributed by atoms with Crippen LogP contribution in [-0.2, 0) is 9.53 Å². The number of pyridine rings is 1. The maximum Gasteiger partial charge on any atom is 0.269 e. The number of amides is 1. The third-order valence-electron chi connectivity index (χ3n) is 4.25. The van der Waals surface area contributed by atoms with Gasteiger partial charge in [-0.2, -0.15) is 10.2 Å². The Kier molecular flexibility index (Phi) is 6.98. The van der Waals surface area contributed by atoms with E-state index in [1.54, 1.807) is 55.8 Å². The Hall–Kier alpha value is -4.16. The summed E-state index contributed by atoms with van der Waals surface area (Å²) in [5, 5.41) is 12.0. The standard InChI is InChI=1S/C22H20N4O5/c1-29-12-10-24-20(27)15(14-23)13-18-21(31-17-8-6-16(30-2)7-9-17)25-19-5-3-4-11-26(19)22(18)28/h3-9,11,13H,10,12H2,1-2H3,(H,24,27). The molecule has 31 heavy (non-hydrogen) atoms. The van der Waals surface area contributed by atoms with Crippen molar-refractivity contribution in [3.05, 3.63) is 70.2 Å². The van der Waals surface area contributed by atoms with E-state index in [2.05, 4.69) is 10.3 Å². The molecule has 0 bridgehead atoms. The maximum atomic E-state index is 13.1. The van der Waals surface area contributed by atoms with Crippen molar-refractivity contribution in [1.29, 1.82) is 5.26 Å². The van der Waals surface area contributed by atoms with E-state index in [1.807, 2.05) is 6.07 Å². The predicted octanol–water partition coefficient (Wildman–Crippen LogP) is 2.16. The van der Waals surface area contributed by atoms with Gasteiger partial charge in [0.05, 0.1) is 13.7 Å². The molecule has 9 nitrogen and oxygen atoms in total. The number of carbonyl (C=O) groups is 1. The van der Waals surface area contributed by atoms with E-state index < -0.39 is 11.5 Å². The molecule has 0 fully saturated rings. The zero-order valence-electron chi connectivity index (χ0n) is 17.0. The first kappa shape index (κ1) is 21.5. The number of hydrogen-bond acceptors (Lipinski definition) is 7. The Balaban J connectivity index is 2.08. The topological polar surface area (TPSA) is 115 Å². The van der Waals surface area contributed by atoms with Crippen LogP contribution < -0.4 is 20.3 Å². The Morgan fingerprint density at radius 2 is 1.94 bits per heavy atom. The van der Waals surface area contributed by atoms with Crippen molar-refractivity contribution < 1.29 is 19.0 Å². The highest BCUT2D eigenvalue weighted by molar-refractivity contribution is 6.01. The molecule has 2 aromatic heterocycles. The fraction of sp³-hybridized carbons (Fsp3) is 0.182. The lowest BCUT2D eigenvalue weighted by molar-refractivity contribution is -0.117. The molecule has 1 aromatic carbocycles. The summed E-state index contributed by atoms with van der Waals surface area (Å²) >= 11 is 0. The second kappa shape index (κ2) is 10.0. The fourth-order valence-corrected chi connectivity index (χ4v) is 2.69. The molecule has 3 rings (SSSR count). The van der Waals surface area contributed by atoms with Crippen LogP contribution in [0, 0.1) is 11.3 Å². The lowest BCUT2D eigenvalue weighted by Gasteiger charge is -2.11. The van der Waals surface area contributed by atoms with Gasteiger partial charge >= 0.3 is 0 Å². The minimum absolute atomic E-state index is 0.0289. The van der Waals surface area contributed by atoms with Crippen LogP contribution in [0.5, 0.6) is 17.4 Å². The summed E-state index contributed by atoms with van der Waals surface area (Å²) < 4.78 is 17.2. The van der Waals surface area contributed by atoms with Crippen LogP contribution in [0.3, 0.4) is 0 Å². The summed E-state index contributed by atoms with van der Waals surface area (Å²) in [7, 11) is 3.04. The van der Waals surface area contributed by atoms with Crippen LogP contribution in [0.15, 0.2) is 59.0 Å². The third-order valence-corrected chi connectivity index (χ3v) is 4.25. The van der Waals surface area contributed by atoms with Crippen molar-refractivity contribution in [2.45, 2.75) is 0 Å². The van der Waals surface area contributed by atoms with Crippen LogP contribution in [0.1, 0.15) is 5.56 Å². The van der Waals surface area contributed by atoms with Crippen molar-refractivity contribution in [3.63, 3.8) is 0 Å². The van der Waals surface area contributed by atoms with Gasteiger partial charge in [0, 0.05) is 19.9 Å². The van der Waals surface area contributed by atoms with E-state index in [4.69, 9.17) is 14.2 Å². The number of methoxy groups -OCH3 is 2. The monoisotopic (exact) mass is 420 g/mol. The summed E-state index contributed by atoms with van der Waals surface area (Å²) in [5.41, 5.74) is -0.411. The summed E-state index contributed by atoms with van der Waals surface area (Å²) in [4.78, 5) is 29.8. The van der Waals surface area contributed by atoms with Crippen molar-refractivity contribution in [2.24, 2.45) is 0 Å². The number of rotatable bonds is 8. The van der Waals surface area contributed by atoms with Gasteiger partial charge in [0.1, 0.15) is 34.4 Å².